The molecule has 2 aliphatic rings. The lowest BCUT2D eigenvalue weighted by Gasteiger charge is -2.34. The number of amides is 2. The Morgan fingerprint density at radius 2 is 1.56 bits per heavy atom. The Balaban J connectivity index is 1.60. The van der Waals surface area contributed by atoms with Crippen molar-refractivity contribution in [2.24, 2.45) is 5.10 Å². The van der Waals surface area contributed by atoms with Crippen molar-refractivity contribution >= 4 is 17.4 Å². The van der Waals surface area contributed by atoms with E-state index >= 15 is 0 Å². The molecule has 5 rings (SSSR count). The smallest absolute Gasteiger partial charge is 0.322 e. The third-order valence-electron chi connectivity index (χ3n) is 6.63. The number of hydrogen-bond acceptors (Lipinski definition) is 4. The van der Waals surface area contributed by atoms with Crippen LogP contribution in [0.4, 0.5) is 10.5 Å². The maximum Gasteiger partial charge on any atom is 0.322 e. The fraction of sp³-hybridized carbons (Fsp3) is 0.214. The summed E-state index contributed by atoms with van der Waals surface area (Å²) in [7, 11) is 3.48. The standard InChI is InChI=1S/C28H28N4O2/c1-19-26(27(29-28(33)31(19)2)21-10-6-4-7-11-21)24-18-25(20-14-16-23(34-3)17-15-20)32(30-24)22-12-8-5-9-13-22/h4-17,25,27H,18H2,1-3H3,(H,29,33). The van der Waals surface area contributed by atoms with Crippen LogP contribution in [0.3, 0.4) is 0 Å². The number of nitrogens with one attached hydrogen (secondary N) is 1. The molecule has 172 valence electrons. The lowest BCUT2D eigenvalue weighted by Crippen LogP contribution is -2.45. The van der Waals surface area contributed by atoms with Gasteiger partial charge in [-0.05, 0) is 42.3 Å². The van der Waals surface area contributed by atoms with Crippen molar-refractivity contribution in [3.63, 3.8) is 0 Å². The highest BCUT2D eigenvalue weighted by Crippen LogP contribution is 2.41. The van der Waals surface area contributed by atoms with E-state index in [4.69, 9.17) is 9.84 Å². The molecular formula is C28H28N4O2. The number of benzene rings is 3. The Kier molecular flexibility index (Phi) is 5.80. The topological polar surface area (TPSA) is 57.2 Å². The number of rotatable bonds is 5. The Morgan fingerprint density at radius 1 is 0.912 bits per heavy atom. The maximum atomic E-state index is 12.7. The van der Waals surface area contributed by atoms with Crippen molar-refractivity contribution < 1.29 is 9.53 Å². The summed E-state index contributed by atoms with van der Waals surface area (Å²) in [6, 6.07) is 28.1. The summed E-state index contributed by atoms with van der Waals surface area (Å²) in [5.74, 6) is 0.827. The molecule has 2 aliphatic heterocycles. The zero-order valence-corrected chi connectivity index (χ0v) is 19.6. The number of anilines is 1. The summed E-state index contributed by atoms with van der Waals surface area (Å²) in [5, 5.41) is 10.4. The molecule has 34 heavy (non-hydrogen) atoms. The highest BCUT2D eigenvalue weighted by atomic mass is 16.5. The van der Waals surface area contributed by atoms with Crippen LogP contribution in [-0.2, 0) is 0 Å². The first-order valence-corrected chi connectivity index (χ1v) is 11.4. The molecule has 0 spiro atoms. The molecule has 6 nitrogen and oxygen atoms in total. The molecule has 0 aromatic heterocycles. The second kappa shape index (κ2) is 9.06. The predicted molar refractivity (Wildman–Crippen MR) is 135 cm³/mol. The number of para-hydroxylation sites is 1. The second-order valence-electron chi connectivity index (χ2n) is 8.57. The number of urea groups is 1. The van der Waals surface area contributed by atoms with Crippen LogP contribution in [0.1, 0.15) is 36.6 Å². The number of methoxy groups -OCH3 is 1. The van der Waals surface area contributed by atoms with E-state index in [0.717, 1.165) is 46.0 Å². The lowest BCUT2D eigenvalue weighted by atomic mass is 9.88. The number of allylic oxidation sites excluding steroid dienone is 1. The Morgan fingerprint density at radius 3 is 2.21 bits per heavy atom. The van der Waals surface area contributed by atoms with Crippen LogP contribution in [0, 0.1) is 0 Å². The van der Waals surface area contributed by atoms with Crippen molar-refractivity contribution in [2.75, 3.05) is 19.2 Å². The third-order valence-corrected chi connectivity index (χ3v) is 6.63. The third kappa shape index (κ3) is 3.92. The van der Waals surface area contributed by atoms with E-state index in [1.54, 1.807) is 19.1 Å². The number of ether oxygens (including phenoxy) is 1. The van der Waals surface area contributed by atoms with Gasteiger partial charge in [-0.1, -0.05) is 60.7 Å². The number of carbonyl (C=O) groups is 1. The molecule has 2 atom stereocenters. The molecule has 6 heteroatoms. The summed E-state index contributed by atoms with van der Waals surface area (Å²) >= 11 is 0. The van der Waals surface area contributed by atoms with Gasteiger partial charge in [0.1, 0.15) is 5.75 Å². The largest absolute Gasteiger partial charge is 0.497 e. The fourth-order valence-corrected chi connectivity index (χ4v) is 4.68. The van der Waals surface area contributed by atoms with Gasteiger partial charge < -0.3 is 15.0 Å². The van der Waals surface area contributed by atoms with Gasteiger partial charge in [-0.25, -0.2) is 4.79 Å². The molecule has 0 saturated heterocycles. The van der Waals surface area contributed by atoms with E-state index in [2.05, 4.69) is 46.7 Å². The Bertz CT molecular complexity index is 1240. The van der Waals surface area contributed by atoms with Crippen LogP contribution in [0.25, 0.3) is 0 Å². The van der Waals surface area contributed by atoms with E-state index in [-0.39, 0.29) is 18.1 Å². The second-order valence-corrected chi connectivity index (χ2v) is 8.57. The average molecular weight is 453 g/mol. The molecule has 0 bridgehead atoms. The average Bonchev–Trinajstić information content (AvgIpc) is 3.33. The van der Waals surface area contributed by atoms with Gasteiger partial charge in [-0.3, -0.25) is 5.01 Å². The van der Waals surface area contributed by atoms with Gasteiger partial charge >= 0.3 is 6.03 Å². The molecule has 3 aromatic rings. The van der Waals surface area contributed by atoms with Crippen LogP contribution >= 0.6 is 0 Å². The maximum absolute atomic E-state index is 12.7. The van der Waals surface area contributed by atoms with Crippen LogP contribution in [0.2, 0.25) is 0 Å². The molecule has 2 amide bonds. The number of hydrogen-bond donors (Lipinski definition) is 1. The molecule has 1 N–H and O–H groups in total. The SMILES string of the molecule is COc1ccc(C2CC(C3=C(C)N(C)C(=O)NC3c3ccccc3)=NN2c2ccccc2)cc1. The van der Waals surface area contributed by atoms with Crippen LogP contribution in [0.5, 0.6) is 5.75 Å². The number of carbonyl (C=O) groups excluding carboxylic acids is 1. The number of hydrazone groups is 1. The van der Waals surface area contributed by atoms with Gasteiger partial charge in [0, 0.05) is 24.7 Å². The molecule has 0 fully saturated rings. The Labute approximate surface area is 200 Å². The lowest BCUT2D eigenvalue weighted by molar-refractivity contribution is 0.212. The van der Waals surface area contributed by atoms with Crippen molar-refractivity contribution in [3.05, 3.63) is 107 Å². The van der Waals surface area contributed by atoms with Gasteiger partial charge in [-0.15, -0.1) is 0 Å². The summed E-state index contributed by atoms with van der Waals surface area (Å²) in [6.45, 7) is 2.00. The minimum absolute atomic E-state index is 0.0305. The van der Waals surface area contributed by atoms with Gasteiger partial charge in [0.05, 0.1) is 30.6 Å². The fourth-order valence-electron chi connectivity index (χ4n) is 4.68. The summed E-state index contributed by atoms with van der Waals surface area (Å²) in [6.07, 6.45) is 0.723. The monoisotopic (exact) mass is 452 g/mol. The molecule has 2 unspecified atom stereocenters. The van der Waals surface area contributed by atoms with Crippen molar-refractivity contribution in [2.45, 2.75) is 25.4 Å². The highest BCUT2D eigenvalue weighted by molar-refractivity contribution is 6.06. The first kappa shape index (κ1) is 21.8. The van der Waals surface area contributed by atoms with E-state index in [0.29, 0.717) is 0 Å². The first-order chi connectivity index (χ1) is 16.6. The van der Waals surface area contributed by atoms with Crippen LogP contribution < -0.4 is 15.1 Å². The first-order valence-electron chi connectivity index (χ1n) is 11.4. The van der Waals surface area contributed by atoms with E-state index in [1.165, 1.54) is 0 Å². The normalized spacial score (nSPS) is 20.3. The minimum atomic E-state index is -0.254. The van der Waals surface area contributed by atoms with Crippen LogP contribution in [0.15, 0.2) is 101 Å². The quantitative estimate of drug-likeness (QED) is 0.542. The van der Waals surface area contributed by atoms with Gasteiger partial charge in [-0.2, -0.15) is 5.10 Å². The summed E-state index contributed by atoms with van der Waals surface area (Å²) in [4.78, 5) is 14.4. The van der Waals surface area contributed by atoms with Crippen molar-refractivity contribution in [3.8, 4) is 5.75 Å². The molecule has 0 aliphatic carbocycles. The Hall–Kier alpha value is -4.06. The molecule has 2 heterocycles. The highest BCUT2D eigenvalue weighted by Gasteiger charge is 2.38. The zero-order valence-electron chi connectivity index (χ0n) is 19.6. The number of nitrogens with zero attached hydrogens (tertiary/aromatic N) is 3. The molecular weight excluding hydrogens is 424 g/mol. The van der Waals surface area contributed by atoms with E-state index in [9.17, 15) is 4.79 Å². The van der Waals surface area contributed by atoms with Crippen LogP contribution in [-0.4, -0.2) is 30.8 Å². The minimum Gasteiger partial charge on any atom is -0.497 e. The molecule has 0 saturated carbocycles. The van der Waals surface area contributed by atoms with Crippen molar-refractivity contribution in [1.82, 2.24) is 10.2 Å². The van der Waals surface area contributed by atoms with Gasteiger partial charge in [0.2, 0.25) is 0 Å². The van der Waals surface area contributed by atoms with Gasteiger partial charge in [0.25, 0.3) is 0 Å². The van der Waals surface area contributed by atoms with Gasteiger partial charge in [0.15, 0.2) is 0 Å². The van der Waals surface area contributed by atoms with Crippen molar-refractivity contribution in [1.29, 1.82) is 0 Å². The predicted octanol–water partition coefficient (Wildman–Crippen LogP) is 5.67. The molecule has 3 aromatic carbocycles. The van der Waals surface area contributed by atoms with E-state index in [1.807, 2.05) is 55.5 Å². The summed E-state index contributed by atoms with van der Waals surface area (Å²) in [5.41, 5.74) is 6.17. The zero-order chi connectivity index (χ0) is 23.7. The van der Waals surface area contributed by atoms with E-state index < -0.39 is 0 Å². The summed E-state index contributed by atoms with van der Waals surface area (Å²) < 4.78 is 5.36. The molecule has 0 radical (unpaired) electrons.